The minimum atomic E-state index is -0.483. The van der Waals surface area contributed by atoms with Gasteiger partial charge < -0.3 is 5.43 Å². The Morgan fingerprint density at radius 2 is 1.42 bits per heavy atom. The molecule has 5 heteroatoms. The van der Waals surface area contributed by atoms with E-state index >= 15 is 0 Å². The maximum Gasteiger partial charge on any atom is 0.103 e. The van der Waals surface area contributed by atoms with Crippen LogP contribution in [0.5, 0.6) is 0 Å². The fourth-order valence-corrected chi connectivity index (χ4v) is 9.27. The largest absolute Gasteiger partial charge is 0.302 e. The summed E-state index contributed by atoms with van der Waals surface area (Å²) < 4.78 is 0. The highest BCUT2D eigenvalue weighted by Gasteiger charge is 2.74. The Kier molecular flexibility index (Phi) is 5.17. The molecule has 0 amide bonds. The van der Waals surface area contributed by atoms with Gasteiger partial charge in [0.25, 0.3) is 0 Å². The molecule has 212 valence electrons. The van der Waals surface area contributed by atoms with Crippen molar-refractivity contribution >= 4 is 16.7 Å². The van der Waals surface area contributed by atoms with Gasteiger partial charge in [-0.05, 0) is 62.6 Å². The van der Waals surface area contributed by atoms with Crippen molar-refractivity contribution in [1.29, 1.82) is 0 Å². The molecule has 0 bridgehead atoms. The molecular weight excluding hydrogens is 526 g/mol. The van der Waals surface area contributed by atoms with E-state index in [-0.39, 0.29) is 17.4 Å². The smallest absolute Gasteiger partial charge is 0.103 e. The van der Waals surface area contributed by atoms with E-state index in [0.29, 0.717) is 5.92 Å². The number of rotatable bonds is 2. The second kappa shape index (κ2) is 8.84. The van der Waals surface area contributed by atoms with Gasteiger partial charge in [-0.3, -0.25) is 4.90 Å². The summed E-state index contributed by atoms with van der Waals surface area (Å²) >= 11 is 0. The SMILES string of the molecule is Cc1ccc(C2NN=C3C2CC[C@@]32[C@H](c3ccc(C)cc3)CN(C)[C@]23c2ccccc2-c2nc4ccccc4nc23)cc1. The Bertz CT molecular complexity index is 1940. The zero-order chi connectivity index (χ0) is 28.9. The summed E-state index contributed by atoms with van der Waals surface area (Å²) in [6.07, 6.45) is 2.13. The highest BCUT2D eigenvalue weighted by molar-refractivity contribution is 6.01. The van der Waals surface area contributed by atoms with Crippen molar-refractivity contribution in [3.05, 3.63) is 131 Å². The van der Waals surface area contributed by atoms with Crippen LogP contribution in [0.15, 0.2) is 102 Å². The van der Waals surface area contributed by atoms with Crippen LogP contribution in [0.4, 0.5) is 0 Å². The van der Waals surface area contributed by atoms with E-state index < -0.39 is 5.54 Å². The molecule has 1 aromatic heterocycles. The lowest BCUT2D eigenvalue weighted by Gasteiger charge is -2.47. The number of likely N-dealkylation sites (tertiary alicyclic amines) is 1. The third kappa shape index (κ3) is 3.13. The van der Waals surface area contributed by atoms with Gasteiger partial charge in [-0.15, -0.1) is 0 Å². The molecule has 2 aliphatic carbocycles. The van der Waals surface area contributed by atoms with Gasteiger partial charge in [-0.1, -0.05) is 96.1 Å². The number of fused-ring (bicyclic) bond motifs is 9. The quantitative estimate of drug-likeness (QED) is 0.246. The van der Waals surface area contributed by atoms with Gasteiger partial charge in [-0.25, -0.2) is 9.97 Å². The number of hydrogen-bond acceptors (Lipinski definition) is 5. The molecule has 2 aliphatic heterocycles. The van der Waals surface area contributed by atoms with E-state index in [1.807, 2.05) is 0 Å². The fraction of sp³-hybridized carbons (Fsp3) is 0.289. The first-order valence-electron chi connectivity index (χ1n) is 15.6. The van der Waals surface area contributed by atoms with Crippen molar-refractivity contribution < 1.29 is 0 Å². The minimum Gasteiger partial charge on any atom is -0.302 e. The number of likely N-dealkylation sites (N-methyl/N-ethyl adjacent to an activating group) is 1. The lowest BCUT2D eigenvalue weighted by Crippen LogP contribution is -2.53. The Morgan fingerprint density at radius 1 is 0.767 bits per heavy atom. The van der Waals surface area contributed by atoms with E-state index in [1.54, 1.807) is 0 Å². The summed E-state index contributed by atoms with van der Waals surface area (Å²) in [5.74, 6) is 0.580. The van der Waals surface area contributed by atoms with E-state index in [9.17, 15) is 0 Å². The molecule has 1 saturated carbocycles. The van der Waals surface area contributed by atoms with E-state index in [0.717, 1.165) is 41.8 Å². The summed E-state index contributed by atoms with van der Waals surface area (Å²) in [7, 11) is 2.31. The minimum absolute atomic E-state index is 0.176. The van der Waals surface area contributed by atoms with Crippen molar-refractivity contribution in [2.45, 2.75) is 44.2 Å². The molecule has 2 spiro atoms. The fourth-order valence-electron chi connectivity index (χ4n) is 9.27. The van der Waals surface area contributed by atoms with Gasteiger partial charge in [-0.2, -0.15) is 5.10 Å². The standard InChI is InChI=1S/C38H35N5/c1-23-12-16-25(17-13-23)30-22-43(3)38(37(30)21-20-28-33(41-42-35(28)37)26-18-14-24(2)15-19-26)29-9-5-4-8-27(29)34-36(38)40-32-11-7-6-10-31(32)39-34/h4-19,28,30,33,41H,20-22H2,1-3H3/t28?,30-,33?,37+,38-/m0/s1. The van der Waals surface area contributed by atoms with Crippen LogP contribution in [-0.2, 0) is 5.54 Å². The molecule has 4 aromatic carbocycles. The first-order chi connectivity index (χ1) is 21.0. The molecule has 5 nitrogen and oxygen atoms in total. The van der Waals surface area contributed by atoms with Crippen LogP contribution in [0, 0.1) is 25.2 Å². The zero-order valence-corrected chi connectivity index (χ0v) is 24.9. The molecule has 4 aliphatic rings. The summed E-state index contributed by atoms with van der Waals surface area (Å²) in [4.78, 5) is 13.5. The van der Waals surface area contributed by atoms with Gasteiger partial charge in [0.15, 0.2) is 0 Å². The van der Waals surface area contributed by atoms with E-state index in [2.05, 4.69) is 128 Å². The van der Waals surface area contributed by atoms with Crippen molar-refractivity contribution in [2.75, 3.05) is 13.6 Å². The Morgan fingerprint density at radius 3 is 2.16 bits per heavy atom. The third-order valence-electron chi connectivity index (χ3n) is 11.1. The summed E-state index contributed by atoms with van der Waals surface area (Å²) in [5.41, 5.74) is 16.0. The van der Waals surface area contributed by atoms with E-state index in [1.165, 1.54) is 39.1 Å². The number of aryl methyl sites for hydroxylation is 2. The molecule has 5 aromatic rings. The molecule has 5 atom stereocenters. The molecule has 3 heterocycles. The van der Waals surface area contributed by atoms with Crippen molar-refractivity contribution in [3.63, 3.8) is 0 Å². The first-order valence-corrected chi connectivity index (χ1v) is 15.6. The van der Waals surface area contributed by atoms with Gasteiger partial charge >= 0.3 is 0 Å². The molecular formula is C38H35N5. The van der Waals surface area contributed by atoms with Crippen molar-refractivity contribution in [1.82, 2.24) is 20.3 Å². The van der Waals surface area contributed by atoms with Crippen LogP contribution in [0.1, 0.15) is 58.3 Å². The van der Waals surface area contributed by atoms with E-state index in [4.69, 9.17) is 15.1 Å². The maximum absolute atomic E-state index is 5.54. The topological polar surface area (TPSA) is 53.4 Å². The summed E-state index contributed by atoms with van der Waals surface area (Å²) in [6, 6.07) is 35.7. The average molecular weight is 562 g/mol. The van der Waals surface area contributed by atoms with Crippen LogP contribution in [-0.4, -0.2) is 34.2 Å². The van der Waals surface area contributed by atoms with Crippen molar-refractivity contribution in [2.24, 2.45) is 16.4 Å². The predicted octanol–water partition coefficient (Wildman–Crippen LogP) is 7.30. The highest BCUT2D eigenvalue weighted by atomic mass is 15.4. The van der Waals surface area contributed by atoms with Gasteiger partial charge in [0.1, 0.15) is 5.54 Å². The molecule has 1 N–H and O–H groups in total. The van der Waals surface area contributed by atoms with Crippen LogP contribution in [0.25, 0.3) is 22.3 Å². The summed E-state index contributed by atoms with van der Waals surface area (Å²) in [5, 5.41) is 5.36. The molecule has 9 rings (SSSR count). The lowest BCUT2D eigenvalue weighted by molar-refractivity contribution is 0.136. The number of nitrogens with one attached hydrogen (secondary N) is 1. The highest BCUT2D eigenvalue weighted by Crippen LogP contribution is 2.72. The van der Waals surface area contributed by atoms with Crippen molar-refractivity contribution in [3.8, 4) is 11.3 Å². The number of hydrogen-bond donors (Lipinski definition) is 1. The lowest BCUT2D eigenvalue weighted by atomic mass is 9.58. The Hall–Kier alpha value is -4.35. The first kappa shape index (κ1) is 25.2. The monoisotopic (exact) mass is 561 g/mol. The molecule has 2 fully saturated rings. The van der Waals surface area contributed by atoms with Crippen LogP contribution in [0.3, 0.4) is 0 Å². The zero-order valence-electron chi connectivity index (χ0n) is 24.9. The number of hydrazone groups is 1. The normalized spacial score (nSPS) is 28.7. The number of aromatic nitrogens is 2. The third-order valence-corrected chi connectivity index (χ3v) is 11.1. The van der Waals surface area contributed by atoms with Crippen LogP contribution < -0.4 is 5.43 Å². The maximum atomic E-state index is 5.54. The Balaban J connectivity index is 1.33. The predicted molar refractivity (Wildman–Crippen MR) is 172 cm³/mol. The van der Waals surface area contributed by atoms with Crippen LogP contribution >= 0.6 is 0 Å². The molecule has 2 unspecified atom stereocenters. The molecule has 0 radical (unpaired) electrons. The number of nitrogens with zero attached hydrogens (tertiary/aromatic N) is 4. The van der Waals surface area contributed by atoms with Gasteiger partial charge in [0.05, 0.1) is 34.2 Å². The van der Waals surface area contributed by atoms with Crippen LogP contribution in [0.2, 0.25) is 0 Å². The van der Waals surface area contributed by atoms with Gasteiger partial charge in [0, 0.05) is 29.4 Å². The number of benzene rings is 4. The Labute approximate surface area is 252 Å². The number of para-hydroxylation sites is 2. The molecule has 43 heavy (non-hydrogen) atoms. The molecule has 1 saturated heterocycles. The second-order valence-corrected chi connectivity index (χ2v) is 13.1. The van der Waals surface area contributed by atoms with Gasteiger partial charge in [0.2, 0.25) is 0 Å². The average Bonchev–Trinajstić information content (AvgIpc) is 3.76. The second-order valence-electron chi connectivity index (χ2n) is 13.1. The summed E-state index contributed by atoms with van der Waals surface area (Å²) in [6.45, 7) is 5.25.